The minimum absolute atomic E-state index is 0.616. The Balaban J connectivity index is 2.31. The van der Waals surface area contributed by atoms with E-state index in [-0.39, 0.29) is 0 Å². The normalized spacial score (nSPS) is 14.3. The van der Waals surface area contributed by atoms with Crippen molar-refractivity contribution in [3.05, 3.63) is 59.1 Å². The minimum Gasteiger partial charge on any atom is -0.363 e. The molecule has 4 heteroatoms. The molecule has 0 bridgehead atoms. The van der Waals surface area contributed by atoms with Gasteiger partial charge in [-0.2, -0.15) is 0 Å². The third kappa shape index (κ3) is 1.69. The number of anilines is 1. The molecule has 0 saturated heterocycles. The van der Waals surface area contributed by atoms with E-state index < -0.39 is 0 Å². The van der Waals surface area contributed by atoms with Crippen LogP contribution < -0.4 is 4.90 Å². The number of hydrogen-bond acceptors (Lipinski definition) is 2. The third-order valence-corrected chi connectivity index (χ3v) is 2.43. The monoisotopic (exact) mass is 210 g/mol. The van der Waals surface area contributed by atoms with Gasteiger partial charge >= 0.3 is 0 Å². The zero-order valence-corrected chi connectivity index (χ0v) is 8.88. The zero-order chi connectivity index (χ0) is 11.5. The molecule has 0 radical (unpaired) electrons. The zero-order valence-electron chi connectivity index (χ0n) is 8.88. The van der Waals surface area contributed by atoms with Crippen molar-refractivity contribution in [2.45, 2.75) is 0 Å². The first-order valence-electron chi connectivity index (χ1n) is 4.79. The van der Waals surface area contributed by atoms with Gasteiger partial charge in [-0.1, -0.05) is 18.7 Å². The molecule has 16 heavy (non-hydrogen) atoms. The highest BCUT2D eigenvalue weighted by atomic mass is 15.4. The van der Waals surface area contributed by atoms with Crippen molar-refractivity contribution in [2.24, 2.45) is 0 Å². The van der Waals surface area contributed by atoms with E-state index in [1.54, 1.807) is 12.3 Å². The molecule has 78 valence electrons. The van der Waals surface area contributed by atoms with E-state index in [2.05, 4.69) is 9.69 Å². The van der Waals surface area contributed by atoms with Gasteiger partial charge in [0.1, 0.15) is 6.67 Å². The lowest BCUT2D eigenvalue weighted by molar-refractivity contribution is 0.470. The van der Waals surface area contributed by atoms with Gasteiger partial charge in [0.05, 0.1) is 13.6 Å². The fraction of sp³-hybridized carbons (Fsp3) is 0.167. The van der Waals surface area contributed by atoms with Crippen LogP contribution in [0.2, 0.25) is 0 Å². The van der Waals surface area contributed by atoms with Crippen LogP contribution in [0.15, 0.2) is 36.3 Å². The second-order valence-electron chi connectivity index (χ2n) is 3.54. The summed E-state index contributed by atoms with van der Waals surface area (Å²) in [6, 6.07) is 7.39. The first kappa shape index (κ1) is 10.1. The molecule has 0 N–H and O–H groups in total. The Morgan fingerprint density at radius 1 is 1.25 bits per heavy atom. The van der Waals surface area contributed by atoms with Gasteiger partial charge in [0.2, 0.25) is 5.82 Å². The van der Waals surface area contributed by atoms with Crippen molar-refractivity contribution in [1.29, 1.82) is 0 Å². The molecule has 1 aliphatic heterocycles. The van der Waals surface area contributed by atoms with Gasteiger partial charge in [-0.15, -0.1) is 0 Å². The fourth-order valence-electron chi connectivity index (χ4n) is 1.59. The van der Waals surface area contributed by atoms with Crippen LogP contribution >= 0.6 is 0 Å². The molecule has 0 amide bonds. The maximum atomic E-state index is 7.00. The first-order chi connectivity index (χ1) is 7.74. The predicted molar refractivity (Wildman–Crippen MR) is 62.5 cm³/mol. The maximum absolute atomic E-state index is 7.00. The van der Waals surface area contributed by atoms with Crippen LogP contribution in [0.25, 0.3) is 9.69 Å². The Morgan fingerprint density at radius 2 is 2.06 bits per heavy atom. The van der Waals surface area contributed by atoms with Crippen molar-refractivity contribution in [3.63, 3.8) is 0 Å². The lowest BCUT2D eigenvalue weighted by Gasteiger charge is -2.16. The number of nitrogens with zero attached hydrogens (tertiary/aromatic N) is 4. The summed E-state index contributed by atoms with van der Waals surface area (Å²) in [6.45, 7) is 14.6. The molecule has 0 saturated carbocycles. The summed E-state index contributed by atoms with van der Waals surface area (Å²) >= 11 is 0. The van der Waals surface area contributed by atoms with Gasteiger partial charge < -0.3 is 14.6 Å². The third-order valence-electron chi connectivity index (χ3n) is 2.43. The fourth-order valence-corrected chi connectivity index (χ4v) is 1.59. The SMILES string of the molecule is [C-]#[N+]C1=CN(c2cccc([N+]#[C-])c2)CN1C. The summed E-state index contributed by atoms with van der Waals surface area (Å²) in [5, 5.41) is 0. The molecule has 1 aliphatic rings. The second kappa shape index (κ2) is 3.96. The molecule has 2 rings (SSSR count). The Morgan fingerprint density at radius 3 is 2.69 bits per heavy atom. The summed E-state index contributed by atoms with van der Waals surface area (Å²) in [6.07, 6.45) is 1.80. The average molecular weight is 210 g/mol. The van der Waals surface area contributed by atoms with Gasteiger partial charge in [0, 0.05) is 11.9 Å². The molecule has 0 fully saturated rings. The summed E-state index contributed by atoms with van der Waals surface area (Å²) < 4.78 is 0. The van der Waals surface area contributed by atoms with E-state index >= 15 is 0 Å². The lowest BCUT2D eigenvalue weighted by atomic mass is 10.2. The van der Waals surface area contributed by atoms with E-state index in [4.69, 9.17) is 13.1 Å². The van der Waals surface area contributed by atoms with Gasteiger partial charge in [0.15, 0.2) is 5.69 Å². The highest BCUT2D eigenvalue weighted by Gasteiger charge is 2.19. The smallest absolute Gasteiger partial charge is 0.242 e. The summed E-state index contributed by atoms with van der Waals surface area (Å²) in [5.41, 5.74) is 1.56. The minimum atomic E-state index is 0.616. The topological polar surface area (TPSA) is 15.2 Å². The first-order valence-corrected chi connectivity index (χ1v) is 4.79. The van der Waals surface area contributed by atoms with Crippen molar-refractivity contribution in [3.8, 4) is 0 Å². The quantitative estimate of drug-likeness (QED) is 0.662. The van der Waals surface area contributed by atoms with Gasteiger partial charge in [-0.3, -0.25) is 0 Å². The summed E-state index contributed by atoms with van der Waals surface area (Å²) in [7, 11) is 1.88. The van der Waals surface area contributed by atoms with Crippen molar-refractivity contribution >= 4 is 11.4 Å². The molecular weight excluding hydrogens is 200 g/mol. The molecular formula is C12H10N4. The van der Waals surface area contributed by atoms with Gasteiger partial charge in [0.25, 0.3) is 0 Å². The highest BCUT2D eigenvalue weighted by molar-refractivity contribution is 5.61. The second-order valence-corrected chi connectivity index (χ2v) is 3.54. The molecule has 0 unspecified atom stereocenters. The van der Waals surface area contributed by atoms with Crippen molar-refractivity contribution in [1.82, 2.24) is 4.90 Å². The van der Waals surface area contributed by atoms with Crippen LogP contribution in [0, 0.1) is 13.1 Å². The van der Waals surface area contributed by atoms with E-state index in [1.165, 1.54) is 0 Å². The standard InChI is InChI=1S/C12H10N4/c1-13-10-5-4-6-11(7-10)16-8-12(14-2)15(3)9-16/h4-8H,9H2,3H3. The van der Waals surface area contributed by atoms with E-state index in [1.807, 2.05) is 35.0 Å². The molecule has 4 nitrogen and oxygen atoms in total. The number of rotatable bonds is 1. The molecule has 0 atom stereocenters. The van der Waals surface area contributed by atoms with Crippen LogP contribution in [0.1, 0.15) is 0 Å². The number of benzene rings is 1. The van der Waals surface area contributed by atoms with Crippen LogP contribution in [-0.4, -0.2) is 18.6 Å². The molecule has 0 aliphatic carbocycles. The Hall–Kier alpha value is -2.46. The van der Waals surface area contributed by atoms with Crippen LogP contribution in [0.4, 0.5) is 11.4 Å². The van der Waals surface area contributed by atoms with Crippen molar-refractivity contribution < 1.29 is 0 Å². The Labute approximate surface area is 94.7 Å². The van der Waals surface area contributed by atoms with Crippen LogP contribution in [0.3, 0.4) is 0 Å². The summed E-state index contributed by atoms with van der Waals surface area (Å²) in [5.74, 6) is 0.619. The van der Waals surface area contributed by atoms with E-state index in [9.17, 15) is 0 Å². The number of hydrogen-bond donors (Lipinski definition) is 0. The van der Waals surface area contributed by atoms with Crippen LogP contribution in [0.5, 0.6) is 0 Å². The highest BCUT2D eigenvalue weighted by Crippen LogP contribution is 2.26. The largest absolute Gasteiger partial charge is 0.363 e. The molecule has 1 heterocycles. The Bertz CT molecular complexity index is 519. The van der Waals surface area contributed by atoms with Crippen molar-refractivity contribution in [2.75, 3.05) is 18.6 Å². The van der Waals surface area contributed by atoms with E-state index in [0.29, 0.717) is 18.2 Å². The van der Waals surface area contributed by atoms with Gasteiger partial charge in [-0.05, 0) is 12.1 Å². The van der Waals surface area contributed by atoms with E-state index in [0.717, 1.165) is 5.69 Å². The van der Waals surface area contributed by atoms with Gasteiger partial charge in [-0.25, -0.2) is 4.85 Å². The molecule has 1 aromatic carbocycles. The maximum Gasteiger partial charge on any atom is 0.242 e. The lowest BCUT2D eigenvalue weighted by Crippen LogP contribution is -2.22. The molecule has 0 spiro atoms. The molecule has 0 aromatic heterocycles. The predicted octanol–water partition coefficient (Wildman–Crippen LogP) is 2.66. The summed E-state index contributed by atoms with van der Waals surface area (Å²) in [4.78, 5) is 10.6. The Kier molecular flexibility index (Phi) is 2.49. The molecule has 1 aromatic rings. The average Bonchev–Trinajstić information content (AvgIpc) is 2.71. The van der Waals surface area contributed by atoms with Crippen LogP contribution in [-0.2, 0) is 0 Å².